The number of rotatable bonds is 42. The minimum absolute atomic E-state index is 0.0317. The predicted molar refractivity (Wildman–Crippen MR) is 367 cm³/mol. The number of nitrogens with two attached hydrogens (primary N) is 1. The molecular weight excluding hydrogens is 1290 g/mol. The van der Waals surface area contributed by atoms with Gasteiger partial charge in [0.2, 0.25) is 23.8 Å². The van der Waals surface area contributed by atoms with Gasteiger partial charge in [0.05, 0.1) is 57.4 Å². The number of carbonyl (C=O) groups is 5. The SMILES string of the molecule is Cc1nc2c(N)nc3ccccc3c2n1Cc1ccc(CNC(=O)CC(C)(C)OCCC(C)(C)Nc2nc(NCCNc3ccc([N+](=O)[O-])cc3[N+](=O)[O-])nc(NC(C)(C)CCOC(C)(C)CCOCc3cn(CCCCC(NC(=O)N[C@@H](CCC(=O)O)C(=O)O)C(=O)O)nn3)n2)cc1. The fraction of sp³-hybridized carbons (Fsp3) is 0.508. The normalized spacial score (nSPS) is 12.6. The highest BCUT2D eigenvalue weighted by Gasteiger charge is 2.30. The number of nitro groups is 2. The number of nitro benzene ring substituents is 2. The fourth-order valence-corrected chi connectivity index (χ4v) is 10.4. The molecule has 534 valence electrons. The van der Waals surface area contributed by atoms with Crippen molar-refractivity contribution in [3.05, 3.63) is 116 Å². The Morgan fingerprint density at radius 1 is 0.697 bits per heavy atom. The van der Waals surface area contributed by atoms with E-state index >= 15 is 0 Å². The van der Waals surface area contributed by atoms with E-state index in [4.69, 9.17) is 35.0 Å². The molecule has 3 aromatic carbocycles. The summed E-state index contributed by atoms with van der Waals surface area (Å²) in [7, 11) is 0. The molecule has 0 radical (unpaired) electrons. The first-order valence-corrected chi connectivity index (χ1v) is 32.3. The first-order valence-electron chi connectivity index (χ1n) is 32.3. The van der Waals surface area contributed by atoms with E-state index in [9.17, 15) is 54.4 Å². The molecule has 4 heterocycles. The number of amides is 3. The third kappa shape index (κ3) is 23.9. The number of unbranched alkanes of at least 4 members (excludes halogenated alkanes) is 1. The number of nitrogens with one attached hydrogen (secondary N) is 7. The van der Waals surface area contributed by atoms with Crippen LogP contribution in [0.5, 0.6) is 0 Å². The van der Waals surface area contributed by atoms with Gasteiger partial charge < -0.3 is 77.0 Å². The summed E-state index contributed by atoms with van der Waals surface area (Å²) >= 11 is 0. The standard InChI is InChI=1S/C65H89N19O15/c1-40-70-53-54(45-14-10-11-15-46(45)71-55(53)66)82(40)37-42-19-17-41(18-20-42)36-69-51(85)35-65(8,9)99-33-26-63(4,5)78-60-75-58(68-29-28-67-47-22-21-44(83(93)94)34-50(47)84(95)96)74-59(76-60)77-62(2,3)25-32-98-64(6,7)27-31-97-39-43-38-81(80-79-43)30-13-12-16-48(56(88)89)72-61(92)73-49(57(90)91)23-24-52(86)87/h10-11,14-15,17-22,34,38,48-49,67H,12-13,16,23-33,35-37,39H2,1-9H3,(H2,66,71)(H,69,85)(H,86,87)(H,88,89)(H,90,91)(H2,72,73,92)(H3,68,74,75,76,77,78)/t48?,49-/m0/s1. The quantitative estimate of drug-likeness (QED) is 0.00981. The van der Waals surface area contributed by atoms with Gasteiger partial charge in [-0.05, 0) is 131 Å². The number of hydrogen-bond acceptors (Lipinski definition) is 24. The summed E-state index contributed by atoms with van der Waals surface area (Å²) in [5.41, 5.74) is 7.78. The molecule has 12 N–H and O–H groups in total. The lowest BCUT2D eigenvalue weighted by molar-refractivity contribution is -0.393. The van der Waals surface area contributed by atoms with E-state index in [1.54, 1.807) is 10.9 Å². The molecule has 0 fully saturated rings. The number of benzene rings is 3. The number of aromatic nitrogens is 9. The molecule has 34 nitrogen and oxygen atoms in total. The molecule has 0 aliphatic heterocycles. The Kier molecular flexibility index (Phi) is 26.2. The number of anilines is 5. The number of urea groups is 1. The number of nitrogens with zero attached hydrogens (tertiary/aromatic N) is 11. The van der Waals surface area contributed by atoms with Crippen LogP contribution in [0.25, 0.3) is 21.9 Å². The summed E-state index contributed by atoms with van der Waals surface area (Å²) in [5, 5.41) is 80.5. The topological polar surface area (TPSA) is 470 Å². The Hall–Kier alpha value is -10.5. The molecule has 0 aliphatic carbocycles. The highest BCUT2D eigenvalue weighted by molar-refractivity contribution is 6.06. The minimum Gasteiger partial charge on any atom is -0.481 e. The Balaban J connectivity index is 0.869. The molecule has 3 amide bonds. The monoisotopic (exact) mass is 1380 g/mol. The van der Waals surface area contributed by atoms with Crippen LogP contribution >= 0.6 is 0 Å². The van der Waals surface area contributed by atoms with Crippen molar-refractivity contribution in [2.24, 2.45) is 0 Å². The average molecular weight is 1380 g/mol. The number of fused-ring (bicyclic) bond motifs is 3. The predicted octanol–water partition coefficient (Wildman–Crippen LogP) is 7.95. The summed E-state index contributed by atoms with van der Waals surface area (Å²) in [6, 6.07) is 15.4. The molecule has 0 aliphatic rings. The van der Waals surface area contributed by atoms with Gasteiger partial charge in [-0.15, -0.1) is 5.10 Å². The zero-order chi connectivity index (χ0) is 72.2. The molecule has 0 bridgehead atoms. The number of non-ortho nitro benzene ring substituents is 1. The number of carbonyl (C=O) groups excluding carboxylic acids is 2. The van der Waals surface area contributed by atoms with Crippen LogP contribution in [0.2, 0.25) is 0 Å². The maximum Gasteiger partial charge on any atom is 0.326 e. The summed E-state index contributed by atoms with van der Waals surface area (Å²) in [4.78, 5) is 105. The smallest absolute Gasteiger partial charge is 0.326 e. The van der Waals surface area contributed by atoms with Gasteiger partial charge in [-0.1, -0.05) is 47.7 Å². The Morgan fingerprint density at radius 3 is 1.95 bits per heavy atom. The van der Waals surface area contributed by atoms with Crippen LogP contribution in [0.3, 0.4) is 0 Å². The molecule has 0 spiro atoms. The third-order valence-electron chi connectivity index (χ3n) is 16.0. The van der Waals surface area contributed by atoms with Gasteiger partial charge in [-0.3, -0.25) is 34.5 Å². The van der Waals surface area contributed by atoms with Crippen LogP contribution in [0, 0.1) is 27.2 Å². The van der Waals surface area contributed by atoms with E-state index < -0.39 is 85.9 Å². The van der Waals surface area contributed by atoms with Crippen molar-refractivity contribution in [2.45, 2.75) is 181 Å². The number of carboxylic acids is 3. The van der Waals surface area contributed by atoms with Gasteiger partial charge in [0.15, 0.2) is 5.82 Å². The first kappa shape index (κ1) is 75.9. The average Bonchev–Trinajstić information content (AvgIpc) is 1.62. The number of hydrogen-bond donors (Lipinski definition) is 11. The van der Waals surface area contributed by atoms with Crippen LogP contribution in [0.15, 0.2) is 72.9 Å². The second kappa shape index (κ2) is 34.1. The fourth-order valence-electron chi connectivity index (χ4n) is 10.4. The van der Waals surface area contributed by atoms with Gasteiger partial charge in [0.1, 0.15) is 34.8 Å². The zero-order valence-corrected chi connectivity index (χ0v) is 57.0. The number of ether oxygens (including phenoxy) is 3. The van der Waals surface area contributed by atoms with Crippen molar-refractivity contribution in [3.8, 4) is 0 Å². The number of carboxylic acid groups (broad SMARTS) is 3. The van der Waals surface area contributed by atoms with E-state index in [2.05, 4.69) is 67.0 Å². The number of imidazole rings is 1. The minimum atomic E-state index is -1.51. The molecule has 0 saturated heterocycles. The Morgan fingerprint density at radius 2 is 1.31 bits per heavy atom. The van der Waals surface area contributed by atoms with Crippen molar-refractivity contribution < 1.29 is 63.3 Å². The molecule has 0 saturated carbocycles. The number of aliphatic carboxylic acids is 3. The van der Waals surface area contributed by atoms with Gasteiger partial charge in [-0.2, -0.15) is 15.0 Å². The molecule has 7 rings (SSSR count). The second-order valence-electron chi connectivity index (χ2n) is 26.4. The number of aryl methyl sites for hydroxylation is 2. The van der Waals surface area contributed by atoms with E-state index in [-0.39, 0.29) is 75.0 Å². The van der Waals surface area contributed by atoms with Crippen molar-refractivity contribution in [1.82, 2.24) is 60.4 Å². The largest absolute Gasteiger partial charge is 0.481 e. The number of pyridine rings is 1. The Labute approximate surface area is 570 Å². The molecule has 7 aromatic rings. The van der Waals surface area contributed by atoms with Crippen molar-refractivity contribution in [3.63, 3.8) is 0 Å². The second-order valence-corrected chi connectivity index (χ2v) is 26.4. The van der Waals surface area contributed by atoms with Crippen molar-refractivity contribution in [1.29, 1.82) is 0 Å². The van der Waals surface area contributed by atoms with Gasteiger partial charge in [-0.25, -0.2) is 24.4 Å². The molecule has 34 heteroatoms. The van der Waals surface area contributed by atoms with E-state index in [0.717, 1.165) is 39.4 Å². The van der Waals surface area contributed by atoms with Crippen molar-refractivity contribution >= 4 is 92.5 Å². The molecule has 1 unspecified atom stereocenters. The van der Waals surface area contributed by atoms with Crippen LogP contribution in [-0.2, 0) is 59.6 Å². The summed E-state index contributed by atoms with van der Waals surface area (Å²) in [5.74, 6) is -2.36. The lowest BCUT2D eigenvalue weighted by Gasteiger charge is -2.31. The molecule has 4 aromatic heterocycles. The summed E-state index contributed by atoms with van der Waals surface area (Å²) < 4.78 is 22.4. The Bertz CT molecular complexity index is 3970. The van der Waals surface area contributed by atoms with Crippen LogP contribution in [0.4, 0.5) is 45.5 Å². The maximum atomic E-state index is 13.3. The van der Waals surface area contributed by atoms with Crippen molar-refractivity contribution in [2.75, 3.05) is 59.9 Å². The third-order valence-corrected chi connectivity index (χ3v) is 16.0. The first-order chi connectivity index (χ1) is 46.7. The molecule has 99 heavy (non-hydrogen) atoms. The lowest BCUT2D eigenvalue weighted by Crippen LogP contribution is -2.51. The summed E-state index contributed by atoms with van der Waals surface area (Å²) in [6.07, 6.45) is 3.30. The van der Waals surface area contributed by atoms with Crippen LogP contribution in [0.1, 0.15) is 136 Å². The van der Waals surface area contributed by atoms with Crippen LogP contribution in [-0.4, -0.2) is 167 Å². The highest BCUT2D eigenvalue weighted by Crippen LogP contribution is 2.31. The van der Waals surface area contributed by atoms with Crippen LogP contribution < -0.4 is 43.0 Å². The van der Waals surface area contributed by atoms with E-state index in [1.807, 2.05) is 111 Å². The van der Waals surface area contributed by atoms with E-state index in [1.165, 1.54) is 12.1 Å². The molecular formula is C65H89N19O15. The number of nitrogen functional groups attached to an aromatic ring is 1. The lowest BCUT2D eigenvalue weighted by atomic mass is 10.0. The van der Waals surface area contributed by atoms with E-state index in [0.29, 0.717) is 82.0 Å². The van der Waals surface area contributed by atoms with Gasteiger partial charge >= 0.3 is 23.9 Å². The highest BCUT2D eigenvalue weighted by atomic mass is 16.6. The number of para-hydroxylation sites is 1. The zero-order valence-electron chi connectivity index (χ0n) is 57.0. The summed E-state index contributed by atoms with van der Waals surface area (Å²) in [6.45, 7) is 20.1. The van der Waals surface area contributed by atoms with Gasteiger partial charge in [0.25, 0.3) is 11.4 Å². The van der Waals surface area contributed by atoms with Gasteiger partial charge in [0, 0.05) is 81.5 Å². The molecule has 2 atom stereocenters. The maximum absolute atomic E-state index is 13.3.